The van der Waals surface area contributed by atoms with Crippen LogP contribution in [0.5, 0.6) is 0 Å². The molecule has 0 saturated carbocycles. The lowest BCUT2D eigenvalue weighted by Crippen LogP contribution is -2.18. The molecule has 0 spiro atoms. The molecule has 2 aromatic heterocycles. The first-order valence-electron chi connectivity index (χ1n) is 6.43. The first kappa shape index (κ1) is 11.9. The van der Waals surface area contributed by atoms with E-state index >= 15 is 0 Å². The molecule has 0 aliphatic heterocycles. The van der Waals surface area contributed by atoms with Gasteiger partial charge in [0.2, 0.25) is 0 Å². The van der Waals surface area contributed by atoms with Gasteiger partial charge in [-0.05, 0) is 54.8 Å². The van der Waals surface area contributed by atoms with Gasteiger partial charge in [-0.2, -0.15) is 0 Å². The number of pyridine rings is 1. The molecule has 2 atom stereocenters. The number of hydrogen-bond acceptors (Lipinski definition) is 3. The molecule has 0 aromatic carbocycles. The van der Waals surface area contributed by atoms with E-state index in [1.807, 2.05) is 12.3 Å². The second-order valence-electron chi connectivity index (χ2n) is 4.96. The van der Waals surface area contributed by atoms with E-state index in [4.69, 9.17) is 0 Å². The fourth-order valence-corrected chi connectivity index (χ4v) is 3.80. The van der Waals surface area contributed by atoms with Gasteiger partial charge >= 0.3 is 0 Å². The van der Waals surface area contributed by atoms with Crippen LogP contribution in [0.2, 0.25) is 0 Å². The second kappa shape index (κ2) is 4.82. The highest BCUT2D eigenvalue weighted by Gasteiger charge is 2.30. The summed E-state index contributed by atoms with van der Waals surface area (Å²) in [7, 11) is 0. The van der Waals surface area contributed by atoms with Crippen LogP contribution in [0.1, 0.15) is 46.6 Å². The van der Waals surface area contributed by atoms with Gasteiger partial charge in [0.05, 0.1) is 6.10 Å². The van der Waals surface area contributed by atoms with Crippen LogP contribution < -0.4 is 0 Å². The van der Waals surface area contributed by atoms with E-state index in [2.05, 4.69) is 29.4 Å². The summed E-state index contributed by atoms with van der Waals surface area (Å²) < 4.78 is 0. The van der Waals surface area contributed by atoms with Crippen molar-refractivity contribution in [1.82, 2.24) is 4.98 Å². The Balaban J connectivity index is 1.97. The van der Waals surface area contributed by atoms with Crippen LogP contribution in [0, 0.1) is 6.92 Å². The molecule has 94 valence electrons. The number of aromatic nitrogens is 1. The minimum atomic E-state index is -0.404. The van der Waals surface area contributed by atoms with Gasteiger partial charge in [0.25, 0.3) is 0 Å². The lowest BCUT2D eigenvalue weighted by Gasteiger charge is -2.28. The summed E-state index contributed by atoms with van der Waals surface area (Å²) in [5, 5.41) is 12.7. The smallest absolute Gasteiger partial charge is 0.0968 e. The summed E-state index contributed by atoms with van der Waals surface area (Å²) >= 11 is 1.65. The molecule has 0 fully saturated rings. The topological polar surface area (TPSA) is 33.1 Å². The van der Waals surface area contributed by atoms with Gasteiger partial charge in [-0.15, -0.1) is 11.3 Å². The molecule has 1 N–H and O–H groups in total. The molecule has 1 aliphatic rings. The standard InChI is InChI=1S/C15H17NOS/c1-10-7-9-18-15(10)14(17)12-6-2-4-11-5-3-8-16-13(11)12/h3,5,7-9,12,14,17H,2,4,6H2,1H3. The molecular weight excluding hydrogens is 242 g/mol. The van der Waals surface area contributed by atoms with Crippen molar-refractivity contribution in [3.63, 3.8) is 0 Å². The van der Waals surface area contributed by atoms with Crippen LogP contribution in [-0.4, -0.2) is 10.1 Å². The van der Waals surface area contributed by atoms with Gasteiger partial charge in [0.15, 0.2) is 0 Å². The summed E-state index contributed by atoms with van der Waals surface area (Å²) in [5.41, 5.74) is 3.60. The van der Waals surface area contributed by atoms with E-state index in [0.717, 1.165) is 29.8 Å². The molecule has 0 radical (unpaired) electrons. The highest BCUT2D eigenvalue weighted by Crippen LogP contribution is 2.41. The summed E-state index contributed by atoms with van der Waals surface area (Å²) in [4.78, 5) is 5.60. The second-order valence-corrected chi connectivity index (χ2v) is 5.91. The first-order chi connectivity index (χ1) is 8.77. The molecule has 1 aliphatic carbocycles. The van der Waals surface area contributed by atoms with Crippen molar-refractivity contribution in [1.29, 1.82) is 0 Å². The van der Waals surface area contributed by atoms with Crippen molar-refractivity contribution >= 4 is 11.3 Å². The summed E-state index contributed by atoms with van der Waals surface area (Å²) in [6.45, 7) is 2.07. The van der Waals surface area contributed by atoms with Crippen molar-refractivity contribution in [3.05, 3.63) is 51.5 Å². The Morgan fingerprint density at radius 2 is 2.33 bits per heavy atom. The van der Waals surface area contributed by atoms with Gasteiger partial charge in [-0.3, -0.25) is 4.98 Å². The third-order valence-corrected chi connectivity index (χ3v) is 4.88. The number of hydrogen-bond donors (Lipinski definition) is 1. The van der Waals surface area contributed by atoms with Gasteiger partial charge in [0.1, 0.15) is 0 Å². The van der Waals surface area contributed by atoms with Crippen molar-refractivity contribution in [3.8, 4) is 0 Å². The largest absolute Gasteiger partial charge is 0.387 e. The molecule has 0 bridgehead atoms. The molecular formula is C15H17NOS. The summed E-state index contributed by atoms with van der Waals surface area (Å²) in [6, 6.07) is 6.21. The van der Waals surface area contributed by atoms with E-state index in [9.17, 15) is 5.11 Å². The van der Waals surface area contributed by atoms with Gasteiger partial charge in [-0.25, -0.2) is 0 Å². The summed E-state index contributed by atoms with van der Waals surface area (Å²) in [6.07, 6.45) is 4.70. The number of nitrogens with zero attached hydrogens (tertiary/aromatic N) is 1. The van der Waals surface area contributed by atoms with E-state index in [1.54, 1.807) is 11.3 Å². The Hall–Kier alpha value is -1.19. The highest BCUT2D eigenvalue weighted by atomic mass is 32.1. The Morgan fingerprint density at radius 3 is 3.11 bits per heavy atom. The number of aliphatic hydroxyl groups excluding tert-OH is 1. The first-order valence-corrected chi connectivity index (χ1v) is 7.31. The fourth-order valence-electron chi connectivity index (χ4n) is 2.82. The number of aryl methyl sites for hydroxylation is 2. The van der Waals surface area contributed by atoms with E-state index in [-0.39, 0.29) is 5.92 Å². The monoisotopic (exact) mass is 259 g/mol. The molecule has 3 rings (SSSR count). The number of thiophene rings is 1. The van der Waals surface area contributed by atoms with Gasteiger partial charge < -0.3 is 5.11 Å². The third kappa shape index (κ3) is 1.98. The van der Waals surface area contributed by atoms with Crippen molar-refractivity contribution in [2.75, 3.05) is 0 Å². The molecule has 2 unspecified atom stereocenters. The Morgan fingerprint density at radius 1 is 1.44 bits per heavy atom. The van der Waals surface area contributed by atoms with E-state index in [0.29, 0.717) is 0 Å². The molecule has 2 nitrogen and oxygen atoms in total. The Bertz CT molecular complexity index is 549. The maximum absolute atomic E-state index is 10.6. The van der Waals surface area contributed by atoms with Crippen molar-refractivity contribution in [2.45, 2.75) is 38.2 Å². The predicted octanol–water partition coefficient (Wildman–Crippen LogP) is 3.61. The predicted molar refractivity (Wildman–Crippen MR) is 73.9 cm³/mol. The van der Waals surface area contributed by atoms with Crippen molar-refractivity contribution < 1.29 is 5.11 Å². The number of fused-ring (bicyclic) bond motifs is 1. The van der Waals surface area contributed by atoms with E-state index < -0.39 is 6.10 Å². The molecule has 2 aromatic rings. The maximum atomic E-state index is 10.6. The Labute approximate surface area is 111 Å². The van der Waals surface area contributed by atoms with Crippen LogP contribution in [0.25, 0.3) is 0 Å². The quantitative estimate of drug-likeness (QED) is 0.893. The van der Waals surface area contributed by atoms with Crippen LogP contribution in [-0.2, 0) is 6.42 Å². The highest BCUT2D eigenvalue weighted by molar-refractivity contribution is 7.10. The average molecular weight is 259 g/mol. The van der Waals surface area contributed by atoms with Crippen LogP contribution >= 0.6 is 11.3 Å². The van der Waals surface area contributed by atoms with E-state index in [1.165, 1.54) is 11.1 Å². The minimum Gasteiger partial charge on any atom is -0.387 e. The zero-order valence-electron chi connectivity index (χ0n) is 10.5. The summed E-state index contributed by atoms with van der Waals surface area (Å²) in [5.74, 6) is 0.160. The normalized spacial score (nSPS) is 20.4. The van der Waals surface area contributed by atoms with Gasteiger partial charge in [-0.1, -0.05) is 6.07 Å². The zero-order valence-corrected chi connectivity index (χ0v) is 11.3. The van der Waals surface area contributed by atoms with Crippen LogP contribution in [0.3, 0.4) is 0 Å². The lowest BCUT2D eigenvalue weighted by molar-refractivity contribution is 0.137. The van der Waals surface area contributed by atoms with Crippen LogP contribution in [0.4, 0.5) is 0 Å². The fraction of sp³-hybridized carbons (Fsp3) is 0.400. The lowest BCUT2D eigenvalue weighted by atomic mass is 9.82. The van der Waals surface area contributed by atoms with Gasteiger partial charge in [0, 0.05) is 22.7 Å². The number of aliphatic hydroxyl groups is 1. The number of rotatable bonds is 2. The van der Waals surface area contributed by atoms with Crippen LogP contribution in [0.15, 0.2) is 29.8 Å². The molecule has 18 heavy (non-hydrogen) atoms. The zero-order chi connectivity index (χ0) is 12.5. The minimum absolute atomic E-state index is 0.160. The Kier molecular flexibility index (Phi) is 3.18. The maximum Gasteiger partial charge on any atom is 0.0968 e. The molecule has 3 heteroatoms. The average Bonchev–Trinajstić information content (AvgIpc) is 2.83. The third-order valence-electron chi connectivity index (χ3n) is 3.79. The molecule has 2 heterocycles. The van der Waals surface area contributed by atoms with Crippen molar-refractivity contribution in [2.24, 2.45) is 0 Å². The molecule has 0 amide bonds. The molecule has 0 saturated heterocycles. The SMILES string of the molecule is Cc1ccsc1C(O)C1CCCc2cccnc21.